The largest absolute Gasteiger partial charge is 0.481 e. The Kier molecular flexibility index (Phi) is 4.88. The molecule has 0 bridgehead atoms. The molecule has 8 heteroatoms. The first kappa shape index (κ1) is 16.2. The van der Waals surface area contributed by atoms with Gasteiger partial charge in [-0.2, -0.15) is 0 Å². The van der Waals surface area contributed by atoms with E-state index < -0.39 is 27.2 Å². The Morgan fingerprint density at radius 2 is 1.71 bits per heavy atom. The molecular weight excluding hydrogens is 298 g/mol. The highest BCUT2D eigenvalue weighted by Crippen LogP contribution is 2.32. The van der Waals surface area contributed by atoms with Gasteiger partial charge in [-0.1, -0.05) is 0 Å². The summed E-state index contributed by atoms with van der Waals surface area (Å²) in [5, 5.41) is 8.43. The Morgan fingerprint density at radius 1 is 1.10 bits per heavy atom. The maximum Gasteiger partial charge on any atom is 0.310 e. The van der Waals surface area contributed by atoms with Crippen LogP contribution in [0.25, 0.3) is 0 Å². The zero-order valence-corrected chi connectivity index (χ0v) is 12.8. The lowest BCUT2D eigenvalue weighted by atomic mass is 9.89. The van der Waals surface area contributed by atoms with Crippen molar-refractivity contribution in [3.8, 4) is 0 Å². The fraction of sp³-hybridized carbons (Fsp3) is 0.846. The van der Waals surface area contributed by atoms with E-state index in [4.69, 9.17) is 5.11 Å². The van der Waals surface area contributed by atoms with E-state index in [0.29, 0.717) is 38.6 Å². The molecule has 21 heavy (non-hydrogen) atoms. The summed E-state index contributed by atoms with van der Waals surface area (Å²) in [4.78, 5) is 22.4. The van der Waals surface area contributed by atoms with Crippen molar-refractivity contribution >= 4 is 22.0 Å². The molecule has 1 atom stereocenters. The smallest absolute Gasteiger partial charge is 0.310 e. The molecule has 0 spiro atoms. The Morgan fingerprint density at radius 3 is 2.24 bits per heavy atom. The van der Waals surface area contributed by atoms with Crippen LogP contribution in [-0.2, 0) is 24.3 Å². The lowest BCUT2D eigenvalue weighted by molar-refractivity contribution is -0.145. The van der Waals surface area contributed by atoms with Gasteiger partial charge in [0.15, 0.2) is 0 Å². The van der Waals surface area contributed by atoms with Gasteiger partial charge in [-0.3, -0.25) is 9.59 Å². The molecule has 2 aliphatic rings. The maximum absolute atomic E-state index is 12.5. The Balaban J connectivity index is 1.97. The van der Waals surface area contributed by atoms with Gasteiger partial charge in [-0.25, -0.2) is 12.7 Å². The molecule has 2 rings (SSSR count). The van der Waals surface area contributed by atoms with Crippen molar-refractivity contribution in [3.05, 3.63) is 0 Å². The number of hydrogen-bond acceptors (Lipinski definition) is 5. The summed E-state index contributed by atoms with van der Waals surface area (Å²) in [6.07, 6.45) is 2.02. The van der Waals surface area contributed by atoms with E-state index in [0.717, 1.165) is 0 Å². The fourth-order valence-electron chi connectivity index (χ4n) is 3.14. The predicted molar refractivity (Wildman–Crippen MR) is 74.0 cm³/mol. The van der Waals surface area contributed by atoms with E-state index in [1.54, 1.807) is 0 Å². The van der Waals surface area contributed by atoms with Crippen molar-refractivity contribution < 1.29 is 27.9 Å². The number of carboxylic acids is 1. The number of ether oxygens (including phenoxy) is 1. The van der Waals surface area contributed by atoms with Crippen LogP contribution in [0.4, 0.5) is 0 Å². The maximum atomic E-state index is 12.5. The first-order chi connectivity index (χ1) is 9.86. The number of carbonyl (C=O) groups is 2. The highest BCUT2D eigenvalue weighted by atomic mass is 32.2. The third-order valence-corrected chi connectivity index (χ3v) is 6.86. The van der Waals surface area contributed by atoms with E-state index in [2.05, 4.69) is 4.74 Å². The zero-order valence-electron chi connectivity index (χ0n) is 12.0. The first-order valence-corrected chi connectivity index (χ1v) is 8.66. The predicted octanol–water partition coefficient (Wildman–Crippen LogP) is 0.454. The molecule has 7 nitrogen and oxygen atoms in total. The second-order valence-corrected chi connectivity index (χ2v) is 7.94. The van der Waals surface area contributed by atoms with Gasteiger partial charge in [0.25, 0.3) is 0 Å². The molecule has 0 aromatic heterocycles. The lowest BCUT2D eigenvalue weighted by Crippen LogP contribution is -2.40. The topological polar surface area (TPSA) is 101 Å². The molecule has 0 amide bonds. The van der Waals surface area contributed by atoms with Crippen LogP contribution in [0, 0.1) is 11.8 Å². The summed E-state index contributed by atoms with van der Waals surface area (Å²) in [5.74, 6) is -2.04. The Labute approximate surface area is 124 Å². The van der Waals surface area contributed by atoms with Crippen molar-refractivity contribution in [3.63, 3.8) is 0 Å². The van der Waals surface area contributed by atoms with E-state index in [1.807, 2.05) is 0 Å². The van der Waals surface area contributed by atoms with Crippen molar-refractivity contribution in [2.75, 3.05) is 20.2 Å². The number of carboxylic acid groups (broad SMARTS) is 1. The molecule has 0 radical (unpaired) electrons. The summed E-state index contributed by atoms with van der Waals surface area (Å²) < 4.78 is 31.1. The van der Waals surface area contributed by atoms with Crippen LogP contribution in [0.1, 0.15) is 32.1 Å². The molecule has 1 saturated heterocycles. The molecule has 0 aromatic rings. The van der Waals surface area contributed by atoms with Gasteiger partial charge in [0, 0.05) is 13.1 Å². The van der Waals surface area contributed by atoms with E-state index in [-0.39, 0.29) is 18.4 Å². The molecule has 1 aliphatic heterocycles. The summed E-state index contributed by atoms with van der Waals surface area (Å²) in [5.41, 5.74) is 0. The van der Waals surface area contributed by atoms with Crippen LogP contribution in [-0.4, -0.2) is 55.2 Å². The summed E-state index contributed by atoms with van der Waals surface area (Å²) >= 11 is 0. The van der Waals surface area contributed by atoms with Crippen LogP contribution >= 0.6 is 0 Å². The fourth-order valence-corrected chi connectivity index (χ4v) is 5.17. The van der Waals surface area contributed by atoms with Gasteiger partial charge in [0.2, 0.25) is 10.0 Å². The number of carbonyl (C=O) groups excluding carboxylic acids is 1. The molecule has 1 N–H and O–H groups in total. The minimum absolute atomic E-state index is 0.174. The molecule has 0 aromatic carbocycles. The molecular formula is C13H21NO6S. The van der Waals surface area contributed by atoms with Gasteiger partial charge in [-0.15, -0.1) is 0 Å². The van der Waals surface area contributed by atoms with Crippen LogP contribution in [0.3, 0.4) is 0 Å². The molecule has 1 aliphatic carbocycles. The quantitative estimate of drug-likeness (QED) is 0.755. The van der Waals surface area contributed by atoms with Crippen molar-refractivity contribution in [1.29, 1.82) is 0 Å². The second-order valence-electron chi connectivity index (χ2n) is 5.72. The van der Waals surface area contributed by atoms with Crippen molar-refractivity contribution in [2.24, 2.45) is 11.8 Å². The lowest BCUT2D eigenvalue weighted by Gasteiger charge is -2.29. The van der Waals surface area contributed by atoms with E-state index >= 15 is 0 Å². The molecule has 1 heterocycles. The van der Waals surface area contributed by atoms with Crippen LogP contribution in [0.5, 0.6) is 0 Å². The zero-order chi connectivity index (χ0) is 15.6. The normalized spacial score (nSPS) is 31.0. The summed E-state index contributed by atoms with van der Waals surface area (Å²) in [6.45, 7) is 0.509. The Hall–Kier alpha value is -1.15. The van der Waals surface area contributed by atoms with Crippen LogP contribution < -0.4 is 0 Å². The Bertz CT molecular complexity index is 509. The summed E-state index contributed by atoms with van der Waals surface area (Å²) in [6, 6.07) is 0. The SMILES string of the molecule is COC(=O)C1CCN(S(=O)(=O)C2CCC(C(=O)O)CC2)C1. The number of hydrogen-bond donors (Lipinski definition) is 1. The standard InChI is InChI=1S/C13H21NO6S/c1-20-13(17)10-6-7-14(8-10)21(18,19)11-4-2-9(3-5-11)12(15)16/h9-11H,2-8H2,1H3,(H,15,16). The molecule has 1 saturated carbocycles. The highest BCUT2D eigenvalue weighted by molar-refractivity contribution is 7.89. The number of esters is 1. The van der Waals surface area contributed by atoms with Gasteiger partial charge in [-0.05, 0) is 32.1 Å². The van der Waals surface area contributed by atoms with Gasteiger partial charge in [0.1, 0.15) is 0 Å². The second kappa shape index (κ2) is 6.31. The number of sulfonamides is 1. The monoisotopic (exact) mass is 319 g/mol. The van der Waals surface area contributed by atoms with Gasteiger partial charge in [0.05, 0.1) is 24.2 Å². The molecule has 2 fully saturated rings. The van der Waals surface area contributed by atoms with Crippen molar-refractivity contribution in [2.45, 2.75) is 37.4 Å². The van der Waals surface area contributed by atoms with Crippen LogP contribution in [0.15, 0.2) is 0 Å². The third kappa shape index (κ3) is 3.37. The highest BCUT2D eigenvalue weighted by Gasteiger charge is 2.41. The average molecular weight is 319 g/mol. The number of aliphatic carboxylic acids is 1. The van der Waals surface area contributed by atoms with Gasteiger partial charge < -0.3 is 9.84 Å². The van der Waals surface area contributed by atoms with Gasteiger partial charge >= 0.3 is 11.9 Å². The molecule has 1 unspecified atom stereocenters. The minimum Gasteiger partial charge on any atom is -0.481 e. The minimum atomic E-state index is -3.45. The summed E-state index contributed by atoms with van der Waals surface area (Å²) in [7, 11) is -2.15. The third-order valence-electron chi connectivity index (χ3n) is 4.49. The van der Waals surface area contributed by atoms with E-state index in [9.17, 15) is 18.0 Å². The average Bonchev–Trinajstić information content (AvgIpc) is 2.97. The van der Waals surface area contributed by atoms with E-state index in [1.165, 1.54) is 11.4 Å². The number of nitrogens with zero attached hydrogens (tertiary/aromatic N) is 1. The van der Waals surface area contributed by atoms with Crippen LogP contribution in [0.2, 0.25) is 0 Å². The first-order valence-electron chi connectivity index (χ1n) is 7.16. The van der Waals surface area contributed by atoms with Crippen molar-refractivity contribution in [1.82, 2.24) is 4.31 Å². The number of methoxy groups -OCH3 is 1. The number of rotatable bonds is 4. The molecule has 120 valence electrons.